The number of hydrogen-bond donors (Lipinski definition) is 1. The number of hydrogen-bond acceptors (Lipinski definition) is 5. The molecule has 0 atom stereocenters. The molecular weight excluding hydrogens is 406 g/mol. The van der Waals surface area contributed by atoms with Crippen LogP contribution in [0.5, 0.6) is 5.75 Å². The summed E-state index contributed by atoms with van der Waals surface area (Å²) in [6.45, 7) is 3.56. The van der Waals surface area contributed by atoms with Gasteiger partial charge in [-0.3, -0.25) is 4.79 Å². The standard InChI is InChI=1S/C22H20ClN3O2S/c1-12-10-14(23)11-17(28-4)20(12)25-22-24-16-7-5-6-15(21(16)26(22)3)19-9-8-18(29-19)13(2)27/h5-11H,1-4H3,(H,24,25). The molecule has 2 aromatic carbocycles. The molecule has 7 heteroatoms. The number of carbonyl (C=O) groups excluding carboxylic acids is 1. The van der Waals surface area contributed by atoms with Crippen molar-refractivity contribution in [2.75, 3.05) is 12.4 Å². The molecule has 29 heavy (non-hydrogen) atoms. The number of benzene rings is 2. The number of methoxy groups -OCH3 is 1. The lowest BCUT2D eigenvalue weighted by Crippen LogP contribution is -2.03. The van der Waals surface area contributed by atoms with Crippen molar-refractivity contribution < 1.29 is 9.53 Å². The summed E-state index contributed by atoms with van der Waals surface area (Å²) in [6, 6.07) is 13.5. The number of aromatic nitrogens is 2. The summed E-state index contributed by atoms with van der Waals surface area (Å²) in [4.78, 5) is 18.3. The van der Waals surface area contributed by atoms with Crippen LogP contribution in [-0.4, -0.2) is 22.4 Å². The highest BCUT2D eigenvalue weighted by atomic mass is 35.5. The Kier molecular flexibility index (Phi) is 5.06. The number of fused-ring (bicyclic) bond motifs is 1. The normalized spacial score (nSPS) is 11.1. The number of nitrogens with zero attached hydrogens (tertiary/aromatic N) is 2. The number of thiophene rings is 1. The van der Waals surface area contributed by atoms with E-state index in [1.807, 2.05) is 48.9 Å². The largest absolute Gasteiger partial charge is 0.495 e. The van der Waals surface area contributed by atoms with Crippen LogP contribution in [0.1, 0.15) is 22.2 Å². The Morgan fingerprint density at radius 2 is 2.03 bits per heavy atom. The first-order valence-corrected chi connectivity index (χ1v) is 10.3. The lowest BCUT2D eigenvalue weighted by Gasteiger charge is -2.14. The number of nitrogens with one attached hydrogen (secondary N) is 1. The van der Waals surface area contributed by atoms with Crippen LogP contribution in [-0.2, 0) is 7.05 Å². The molecule has 0 saturated heterocycles. The number of anilines is 2. The Morgan fingerprint density at radius 3 is 2.72 bits per heavy atom. The zero-order valence-electron chi connectivity index (χ0n) is 16.5. The number of aryl methyl sites for hydroxylation is 2. The fourth-order valence-corrected chi connectivity index (χ4v) is 4.59. The van der Waals surface area contributed by atoms with Gasteiger partial charge in [-0.25, -0.2) is 4.98 Å². The van der Waals surface area contributed by atoms with Gasteiger partial charge in [-0.05, 0) is 43.7 Å². The Labute approximate surface area is 177 Å². The highest BCUT2D eigenvalue weighted by molar-refractivity contribution is 7.17. The first-order valence-electron chi connectivity index (χ1n) is 9.06. The molecule has 2 heterocycles. The van der Waals surface area contributed by atoms with Gasteiger partial charge in [-0.1, -0.05) is 23.7 Å². The van der Waals surface area contributed by atoms with Gasteiger partial charge in [-0.15, -0.1) is 11.3 Å². The molecule has 0 aliphatic carbocycles. The molecule has 1 N–H and O–H groups in total. The van der Waals surface area contributed by atoms with Gasteiger partial charge in [0.05, 0.1) is 28.7 Å². The number of halogens is 1. The second kappa shape index (κ2) is 7.54. The molecule has 2 aromatic heterocycles. The lowest BCUT2D eigenvalue weighted by molar-refractivity contribution is 0.102. The maximum atomic E-state index is 11.7. The van der Waals surface area contributed by atoms with Crippen LogP contribution in [0.25, 0.3) is 21.5 Å². The Morgan fingerprint density at radius 1 is 1.24 bits per heavy atom. The van der Waals surface area contributed by atoms with Crippen molar-refractivity contribution in [2.24, 2.45) is 7.05 Å². The summed E-state index contributed by atoms with van der Waals surface area (Å²) in [5.74, 6) is 1.43. The van der Waals surface area contributed by atoms with Gasteiger partial charge in [0, 0.05) is 28.6 Å². The van der Waals surface area contributed by atoms with Crippen LogP contribution >= 0.6 is 22.9 Å². The third-order valence-electron chi connectivity index (χ3n) is 4.83. The molecule has 5 nitrogen and oxygen atoms in total. The average Bonchev–Trinajstić information content (AvgIpc) is 3.29. The van der Waals surface area contributed by atoms with E-state index in [2.05, 4.69) is 11.4 Å². The number of carbonyl (C=O) groups is 1. The van der Waals surface area contributed by atoms with Crippen molar-refractivity contribution in [1.29, 1.82) is 0 Å². The van der Waals surface area contributed by atoms with Crippen LogP contribution in [0.15, 0.2) is 42.5 Å². The maximum Gasteiger partial charge on any atom is 0.208 e. The second-order valence-electron chi connectivity index (χ2n) is 6.81. The van der Waals surface area contributed by atoms with Crippen molar-refractivity contribution in [3.8, 4) is 16.2 Å². The monoisotopic (exact) mass is 425 g/mol. The van der Waals surface area contributed by atoms with Gasteiger partial charge in [-0.2, -0.15) is 0 Å². The summed E-state index contributed by atoms with van der Waals surface area (Å²) >= 11 is 7.66. The summed E-state index contributed by atoms with van der Waals surface area (Å²) in [5.41, 5.74) is 4.70. The average molecular weight is 426 g/mol. The van der Waals surface area contributed by atoms with Crippen LogP contribution in [0.3, 0.4) is 0 Å². The summed E-state index contributed by atoms with van der Waals surface area (Å²) in [6.07, 6.45) is 0. The zero-order valence-corrected chi connectivity index (χ0v) is 18.1. The minimum atomic E-state index is 0.0751. The van der Waals surface area contributed by atoms with Crippen LogP contribution in [0.2, 0.25) is 5.02 Å². The molecule has 4 aromatic rings. The number of ether oxygens (including phenoxy) is 1. The lowest BCUT2D eigenvalue weighted by atomic mass is 10.1. The third-order valence-corrected chi connectivity index (χ3v) is 6.27. The molecule has 0 spiro atoms. The van der Waals surface area contributed by atoms with Crippen molar-refractivity contribution in [3.63, 3.8) is 0 Å². The van der Waals surface area contributed by atoms with Crippen molar-refractivity contribution >= 4 is 51.4 Å². The number of Topliss-reactive ketones (excluding diaryl/α,β-unsaturated/α-hetero) is 1. The van der Waals surface area contributed by atoms with E-state index in [9.17, 15) is 4.79 Å². The van der Waals surface area contributed by atoms with E-state index in [-0.39, 0.29) is 5.78 Å². The van der Waals surface area contributed by atoms with Crippen LogP contribution in [0.4, 0.5) is 11.6 Å². The van der Waals surface area contributed by atoms with Gasteiger partial charge in [0.1, 0.15) is 5.75 Å². The maximum absolute atomic E-state index is 11.7. The number of imidazole rings is 1. The molecule has 148 valence electrons. The van der Waals surface area contributed by atoms with Gasteiger partial charge in [0.15, 0.2) is 5.78 Å². The Bertz CT molecular complexity index is 1240. The molecule has 0 amide bonds. The quantitative estimate of drug-likeness (QED) is 0.386. The predicted molar refractivity (Wildman–Crippen MR) is 120 cm³/mol. The Hall–Kier alpha value is -2.83. The minimum Gasteiger partial charge on any atom is -0.495 e. The Balaban J connectivity index is 1.83. The fourth-order valence-electron chi connectivity index (χ4n) is 3.40. The molecule has 4 rings (SSSR count). The van der Waals surface area contributed by atoms with Crippen molar-refractivity contribution in [1.82, 2.24) is 9.55 Å². The molecule has 0 saturated carbocycles. The molecule has 0 radical (unpaired) electrons. The fraction of sp³-hybridized carbons (Fsp3) is 0.182. The zero-order chi connectivity index (χ0) is 20.7. The second-order valence-corrected chi connectivity index (χ2v) is 8.33. The number of para-hydroxylation sites is 1. The van der Waals surface area contributed by atoms with Gasteiger partial charge >= 0.3 is 0 Å². The third kappa shape index (κ3) is 3.50. The number of ketones is 1. The van der Waals surface area contributed by atoms with E-state index in [0.29, 0.717) is 16.7 Å². The molecule has 0 fully saturated rings. The van der Waals surface area contributed by atoms with E-state index in [1.165, 1.54) is 11.3 Å². The first-order chi connectivity index (χ1) is 13.9. The first kappa shape index (κ1) is 19.5. The van der Waals surface area contributed by atoms with Gasteiger partial charge in [0.25, 0.3) is 0 Å². The van der Waals surface area contributed by atoms with E-state index in [4.69, 9.17) is 21.3 Å². The topological polar surface area (TPSA) is 56.1 Å². The van der Waals surface area contributed by atoms with E-state index < -0.39 is 0 Å². The molecule has 0 bridgehead atoms. The van der Waals surface area contributed by atoms with Crippen molar-refractivity contribution in [2.45, 2.75) is 13.8 Å². The van der Waals surface area contributed by atoms with E-state index in [1.54, 1.807) is 20.1 Å². The summed E-state index contributed by atoms with van der Waals surface area (Å²) < 4.78 is 7.52. The SMILES string of the molecule is COc1cc(Cl)cc(C)c1Nc1nc2cccc(-c3ccc(C(C)=O)s3)c2n1C. The van der Waals surface area contributed by atoms with Gasteiger partial charge in [0.2, 0.25) is 5.95 Å². The van der Waals surface area contributed by atoms with Crippen molar-refractivity contribution in [3.05, 3.63) is 57.9 Å². The minimum absolute atomic E-state index is 0.0751. The van der Waals surface area contributed by atoms with E-state index >= 15 is 0 Å². The molecular formula is C22H20ClN3O2S. The smallest absolute Gasteiger partial charge is 0.208 e. The molecule has 0 aliphatic heterocycles. The van der Waals surface area contributed by atoms with E-state index in [0.717, 1.165) is 37.6 Å². The van der Waals surface area contributed by atoms with Crippen LogP contribution in [0, 0.1) is 6.92 Å². The van der Waals surface area contributed by atoms with Crippen LogP contribution < -0.4 is 10.1 Å². The summed E-state index contributed by atoms with van der Waals surface area (Å²) in [5, 5.41) is 4.02. The number of rotatable bonds is 5. The highest BCUT2D eigenvalue weighted by Crippen LogP contribution is 2.37. The van der Waals surface area contributed by atoms with Gasteiger partial charge < -0.3 is 14.6 Å². The molecule has 0 aliphatic rings. The predicted octanol–water partition coefficient (Wildman–Crippen LogP) is 6.22. The highest BCUT2D eigenvalue weighted by Gasteiger charge is 2.17. The molecule has 0 unspecified atom stereocenters. The summed E-state index contributed by atoms with van der Waals surface area (Å²) in [7, 11) is 3.59.